The van der Waals surface area contributed by atoms with E-state index in [1.807, 2.05) is 61.5 Å². The van der Waals surface area contributed by atoms with E-state index in [0.29, 0.717) is 6.61 Å². The highest BCUT2D eigenvalue weighted by Gasteiger charge is 2.48. The summed E-state index contributed by atoms with van der Waals surface area (Å²) in [5.74, 6) is -0.260. The van der Waals surface area contributed by atoms with Crippen molar-refractivity contribution >= 4 is 29.9 Å². The summed E-state index contributed by atoms with van der Waals surface area (Å²) in [7, 11) is -3.45. The van der Waals surface area contributed by atoms with Crippen LogP contribution in [0.5, 0.6) is 0 Å². The summed E-state index contributed by atoms with van der Waals surface area (Å²) in [4.78, 5) is 15.1. The zero-order valence-electron chi connectivity index (χ0n) is 20.2. The van der Waals surface area contributed by atoms with Crippen molar-refractivity contribution in [3.63, 3.8) is 0 Å². The average Bonchev–Trinajstić information content (AvgIpc) is 3.00. The Bertz CT molecular complexity index is 1060. The van der Waals surface area contributed by atoms with Crippen molar-refractivity contribution in [2.24, 2.45) is 0 Å². The van der Waals surface area contributed by atoms with Gasteiger partial charge in [-0.05, 0) is 36.2 Å². The molecule has 1 heterocycles. The van der Waals surface area contributed by atoms with Crippen LogP contribution in [0.3, 0.4) is 0 Å². The predicted octanol–water partition coefficient (Wildman–Crippen LogP) is 3.70. The molecule has 1 fully saturated rings. The maximum atomic E-state index is 13.5. The molecule has 2 aromatic rings. The molecule has 1 aliphatic heterocycles. The molecule has 0 N–H and O–H groups in total. The molecule has 180 valence electrons. The summed E-state index contributed by atoms with van der Waals surface area (Å²) in [6.07, 6.45) is 0. The quantitative estimate of drug-likeness (QED) is 0.398. The van der Waals surface area contributed by atoms with Gasteiger partial charge in [-0.2, -0.15) is 17.0 Å². The van der Waals surface area contributed by atoms with Gasteiger partial charge in [0.25, 0.3) is 10.2 Å². The first-order valence-corrected chi connectivity index (χ1v) is 16.3. The Hall–Kier alpha value is -2.04. The molecule has 0 saturated carbocycles. The van der Waals surface area contributed by atoms with Crippen molar-refractivity contribution in [3.05, 3.63) is 65.7 Å². The molecule has 1 atom stereocenters. The number of likely N-dealkylation sites (N-methyl/N-ethyl adjacent to an activating group) is 1. The smallest absolute Gasteiger partial charge is 0.285 e. The summed E-state index contributed by atoms with van der Waals surface area (Å²) < 4.78 is 35.2. The lowest BCUT2D eigenvalue weighted by Crippen LogP contribution is -2.46. The van der Waals surface area contributed by atoms with Crippen molar-refractivity contribution < 1.29 is 17.9 Å². The van der Waals surface area contributed by atoms with Crippen LogP contribution in [0.4, 0.5) is 5.69 Å². The molecule has 0 aliphatic carbocycles. The molecule has 0 bridgehead atoms. The van der Waals surface area contributed by atoms with Gasteiger partial charge in [-0.1, -0.05) is 62.1 Å². The molecular weight excluding hydrogens is 454 g/mol. The van der Waals surface area contributed by atoms with Gasteiger partial charge in [0, 0.05) is 40.5 Å². The molecule has 3 rings (SSSR count). The first kappa shape index (κ1) is 25.6. The predicted molar refractivity (Wildman–Crippen MR) is 135 cm³/mol. The van der Waals surface area contributed by atoms with Crippen LogP contribution < -0.4 is 4.90 Å². The summed E-state index contributed by atoms with van der Waals surface area (Å²) in [6.45, 7) is 9.38. The number of aryl methyl sites for hydroxylation is 1. The van der Waals surface area contributed by atoms with Gasteiger partial charge in [0.15, 0.2) is 0 Å². The molecule has 1 saturated heterocycles. The zero-order chi connectivity index (χ0) is 24.2. The largest absolute Gasteiger partial charge is 0.365 e. The van der Waals surface area contributed by atoms with Crippen LogP contribution in [-0.4, -0.2) is 64.0 Å². The molecule has 0 aromatic heterocycles. The summed E-state index contributed by atoms with van der Waals surface area (Å²) in [5, 5.41) is 0. The number of hydrogen-bond acceptors (Lipinski definition) is 4. The fourth-order valence-corrected chi connectivity index (χ4v) is 6.08. The molecule has 33 heavy (non-hydrogen) atoms. The number of rotatable bonds is 9. The van der Waals surface area contributed by atoms with Gasteiger partial charge >= 0.3 is 0 Å². The molecule has 0 radical (unpaired) electrons. The SMILES string of the molecule is Cc1cccc(N(C)C(=O)[C@@H]2CN(COCC[Si](C)(C)C)S(=O)(=O)N2Cc2ccccc2)c1. The monoisotopic (exact) mass is 489 g/mol. The van der Waals surface area contributed by atoms with Crippen molar-refractivity contribution in [3.8, 4) is 0 Å². The molecule has 0 unspecified atom stereocenters. The first-order valence-electron chi connectivity index (χ1n) is 11.2. The van der Waals surface area contributed by atoms with E-state index < -0.39 is 24.3 Å². The minimum atomic E-state index is -3.85. The lowest BCUT2D eigenvalue weighted by molar-refractivity contribution is -0.121. The molecule has 7 nitrogen and oxygen atoms in total. The molecular formula is C24H35N3O4SSi. The van der Waals surface area contributed by atoms with Crippen LogP contribution in [0, 0.1) is 6.92 Å². The van der Waals surface area contributed by atoms with Crippen molar-refractivity contribution in [1.82, 2.24) is 8.61 Å². The van der Waals surface area contributed by atoms with Gasteiger partial charge in [0.05, 0.1) is 0 Å². The normalized spacial score (nSPS) is 19.0. The van der Waals surface area contributed by atoms with E-state index in [1.54, 1.807) is 11.9 Å². The maximum Gasteiger partial charge on any atom is 0.285 e. The van der Waals surface area contributed by atoms with E-state index in [2.05, 4.69) is 19.6 Å². The molecule has 9 heteroatoms. The van der Waals surface area contributed by atoms with Crippen LogP contribution in [0.15, 0.2) is 54.6 Å². The van der Waals surface area contributed by atoms with Crippen LogP contribution >= 0.6 is 0 Å². The Balaban J connectivity index is 1.83. The summed E-state index contributed by atoms with van der Waals surface area (Å²) in [6, 6.07) is 17.1. The average molecular weight is 490 g/mol. The number of carbonyl (C=O) groups is 1. The lowest BCUT2D eigenvalue weighted by atomic mass is 10.1. The van der Waals surface area contributed by atoms with Crippen LogP contribution in [0.2, 0.25) is 25.7 Å². The van der Waals surface area contributed by atoms with Crippen LogP contribution in [-0.2, 0) is 26.3 Å². The second kappa shape index (κ2) is 10.5. The maximum absolute atomic E-state index is 13.5. The van der Waals surface area contributed by atoms with E-state index in [4.69, 9.17) is 4.74 Å². The summed E-state index contributed by atoms with van der Waals surface area (Å²) >= 11 is 0. The number of ether oxygens (including phenoxy) is 1. The Morgan fingerprint density at radius 2 is 1.82 bits per heavy atom. The van der Waals surface area contributed by atoms with Gasteiger partial charge in [-0.3, -0.25) is 4.79 Å². The number of carbonyl (C=O) groups excluding carboxylic acids is 1. The molecule has 2 aromatic carbocycles. The number of anilines is 1. The highest BCUT2D eigenvalue weighted by atomic mass is 32.2. The van der Waals surface area contributed by atoms with E-state index in [0.717, 1.165) is 22.9 Å². The molecule has 1 amide bonds. The first-order chi connectivity index (χ1) is 15.5. The highest BCUT2D eigenvalue weighted by molar-refractivity contribution is 7.87. The zero-order valence-corrected chi connectivity index (χ0v) is 22.0. The number of benzene rings is 2. The third-order valence-corrected chi connectivity index (χ3v) is 9.35. The minimum absolute atomic E-state index is 0.0456. The fraction of sp³-hybridized carbons (Fsp3) is 0.458. The Labute approximate surface area is 199 Å². The Kier molecular flexibility index (Phi) is 8.12. The van der Waals surface area contributed by atoms with E-state index in [-0.39, 0.29) is 25.7 Å². The van der Waals surface area contributed by atoms with E-state index in [1.165, 1.54) is 8.61 Å². The van der Waals surface area contributed by atoms with Gasteiger partial charge in [-0.25, -0.2) is 0 Å². The van der Waals surface area contributed by atoms with Gasteiger partial charge in [-0.15, -0.1) is 0 Å². The minimum Gasteiger partial charge on any atom is -0.365 e. The van der Waals surface area contributed by atoms with Gasteiger partial charge < -0.3 is 9.64 Å². The second-order valence-corrected chi connectivity index (χ2v) is 17.3. The number of nitrogens with zero attached hydrogens (tertiary/aromatic N) is 3. The third-order valence-electron chi connectivity index (χ3n) is 5.76. The second-order valence-electron chi connectivity index (χ2n) is 9.77. The topological polar surface area (TPSA) is 70.2 Å². The van der Waals surface area contributed by atoms with E-state index in [9.17, 15) is 13.2 Å². The third kappa shape index (κ3) is 6.51. The Morgan fingerprint density at radius 3 is 2.45 bits per heavy atom. The highest BCUT2D eigenvalue weighted by Crippen LogP contribution is 2.28. The summed E-state index contributed by atoms with van der Waals surface area (Å²) in [5.41, 5.74) is 2.60. The standard InChI is InChI=1S/C24H35N3O4SSi/c1-20-10-9-13-22(16-20)25(2)24(28)23-18-26(19-31-14-15-33(3,4)5)32(29,30)27(23)17-21-11-7-6-8-12-21/h6-13,16,23H,14-15,17-19H2,1-5H3/t23-/m0/s1. The van der Waals surface area contributed by atoms with Crippen molar-refractivity contribution in [1.29, 1.82) is 0 Å². The van der Waals surface area contributed by atoms with Gasteiger partial charge in [0.1, 0.15) is 12.8 Å². The Morgan fingerprint density at radius 1 is 1.12 bits per heavy atom. The number of hydrogen-bond donors (Lipinski definition) is 0. The fourth-order valence-electron chi connectivity index (χ4n) is 3.70. The van der Waals surface area contributed by atoms with Crippen LogP contribution in [0.1, 0.15) is 11.1 Å². The van der Waals surface area contributed by atoms with E-state index >= 15 is 0 Å². The van der Waals surface area contributed by atoms with Crippen molar-refractivity contribution in [2.75, 3.05) is 31.8 Å². The van der Waals surface area contributed by atoms with Crippen LogP contribution in [0.25, 0.3) is 0 Å². The molecule has 1 aliphatic rings. The molecule has 0 spiro atoms. The van der Waals surface area contributed by atoms with Gasteiger partial charge in [0.2, 0.25) is 5.91 Å². The number of amides is 1. The van der Waals surface area contributed by atoms with Crippen molar-refractivity contribution in [2.45, 2.75) is 45.2 Å². The lowest BCUT2D eigenvalue weighted by Gasteiger charge is -2.26.